The molecule has 6 heteroatoms. The zero-order valence-corrected chi connectivity index (χ0v) is 18.8. The summed E-state index contributed by atoms with van der Waals surface area (Å²) < 4.78 is 2.08. The van der Waals surface area contributed by atoms with Gasteiger partial charge in [-0.3, -0.25) is 4.98 Å². The molecule has 1 N–H and O–H groups in total. The highest BCUT2D eigenvalue weighted by Crippen LogP contribution is 2.31. The molecule has 0 saturated heterocycles. The van der Waals surface area contributed by atoms with Crippen molar-refractivity contribution in [3.8, 4) is 11.1 Å². The molecule has 0 atom stereocenters. The normalized spacial score (nSPS) is 14.5. The van der Waals surface area contributed by atoms with Gasteiger partial charge >= 0.3 is 5.97 Å². The Kier molecular flexibility index (Phi) is 7.30. The number of aromatic nitrogens is 4. The molecule has 2 heterocycles. The van der Waals surface area contributed by atoms with Crippen molar-refractivity contribution >= 4 is 5.97 Å². The Bertz CT molecular complexity index is 1040. The van der Waals surface area contributed by atoms with E-state index >= 15 is 0 Å². The molecule has 0 radical (unpaired) electrons. The minimum Gasteiger partial charge on any atom is -0.478 e. The van der Waals surface area contributed by atoms with Crippen molar-refractivity contribution in [2.24, 2.45) is 0 Å². The highest BCUT2D eigenvalue weighted by Gasteiger charge is 2.21. The summed E-state index contributed by atoms with van der Waals surface area (Å²) in [5, 5.41) is 14.4. The fourth-order valence-electron chi connectivity index (χ4n) is 4.55. The van der Waals surface area contributed by atoms with Crippen molar-refractivity contribution in [2.45, 2.75) is 77.2 Å². The van der Waals surface area contributed by atoms with E-state index in [0.29, 0.717) is 18.0 Å². The zero-order chi connectivity index (χ0) is 22.3. The molecule has 1 aliphatic carbocycles. The molecular formula is C26H32N4O2. The summed E-state index contributed by atoms with van der Waals surface area (Å²) in [5.41, 5.74) is 2.88. The summed E-state index contributed by atoms with van der Waals surface area (Å²) in [7, 11) is 0. The van der Waals surface area contributed by atoms with Crippen LogP contribution in [0.2, 0.25) is 0 Å². The van der Waals surface area contributed by atoms with Gasteiger partial charge in [-0.05, 0) is 36.5 Å². The molecule has 0 spiro atoms. The number of pyridine rings is 1. The highest BCUT2D eigenvalue weighted by atomic mass is 16.4. The Labute approximate surface area is 189 Å². The van der Waals surface area contributed by atoms with Crippen LogP contribution in [-0.2, 0) is 13.0 Å². The molecule has 32 heavy (non-hydrogen) atoms. The van der Waals surface area contributed by atoms with Crippen LogP contribution in [0.25, 0.3) is 11.1 Å². The van der Waals surface area contributed by atoms with Gasteiger partial charge in [-0.15, -0.1) is 0 Å². The van der Waals surface area contributed by atoms with E-state index in [1.165, 1.54) is 57.2 Å². The second kappa shape index (κ2) is 10.5. The summed E-state index contributed by atoms with van der Waals surface area (Å²) in [6.07, 6.45) is 13.9. The van der Waals surface area contributed by atoms with Gasteiger partial charge in [0.15, 0.2) is 5.82 Å². The number of carboxylic acids is 1. The van der Waals surface area contributed by atoms with Crippen LogP contribution in [0.15, 0.2) is 42.7 Å². The number of hydrogen-bond acceptors (Lipinski definition) is 4. The van der Waals surface area contributed by atoms with Crippen molar-refractivity contribution < 1.29 is 9.90 Å². The predicted octanol–water partition coefficient (Wildman–Crippen LogP) is 5.87. The van der Waals surface area contributed by atoms with Crippen LogP contribution in [0.1, 0.15) is 91.8 Å². The minimum absolute atomic E-state index is 0.263. The van der Waals surface area contributed by atoms with Crippen molar-refractivity contribution in [3.05, 3.63) is 65.5 Å². The highest BCUT2D eigenvalue weighted by molar-refractivity contribution is 5.95. The number of aryl methyl sites for hydroxylation is 1. The van der Waals surface area contributed by atoms with Gasteiger partial charge in [0.1, 0.15) is 5.82 Å². The molecule has 0 bridgehead atoms. The second-order valence-electron chi connectivity index (χ2n) is 8.76. The van der Waals surface area contributed by atoms with E-state index in [-0.39, 0.29) is 5.56 Å². The van der Waals surface area contributed by atoms with E-state index in [2.05, 4.69) is 16.6 Å². The zero-order valence-electron chi connectivity index (χ0n) is 18.8. The molecule has 168 valence electrons. The standard InChI is InChI=1S/C26H32N4O2/c1-2-3-5-10-24-28-25(21-8-6-4-7-9-21)29-30(24)18-19-11-13-20(14-12-19)23-17-27-16-15-22(23)26(31)32/h11-17,21H,2-10,18H2,1H3,(H,31,32). The van der Waals surface area contributed by atoms with Crippen LogP contribution >= 0.6 is 0 Å². The third kappa shape index (κ3) is 5.23. The molecule has 0 aliphatic heterocycles. The lowest BCUT2D eigenvalue weighted by Gasteiger charge is -2.18. The van der Waals surface area contributed by atoms with Gasteiger partial charge in [0.25, 0.3) is 0 Å². The van der Waals surface area contributed by atoms with Crippen molar-refractivity contribution in [1.82, 2.24) is 19.7 Å². The third-order valence-corrected chi connectivity index (χ3v) is 6.39. The van der Waals surface area contributed by atoms with Crippen LogP contribution in [0.3, 0.4) is 0 Å². The molecule has 0 amide bonds. The van der Waals surface area contributed by atoms with Crippen LogP contribution < -0.4 is 0 Å². The van der Waals surface area contributed by atoms with Gasteiger partial charge in [-0.25, -0.2) is 14.5 Å². The van der Waals surface area contributed by atoms with Crippen molar-refractivity contribution in [2.75, 3.05) is 0 Å². The lowest BCUT2D eigenvalue weighted by molar-refractivity contribution is 0.0697. The van der Waals surface area contributed by atoms with Crippen LogP contribution in [0.4, 0.5) is 0 Å². The first kappa shape index (κ1) is 22.2. The lowest BCUT2D eigenvalue weighted by atomic mass is 9.89. The molecule has 1 fully saturated rings. The van der Waals surface area contributed by atoms with Gasteiger partial charge in [-0.2, -0.15) is 5.10 Å². The first-order valence-electron chi connectivity index (χ1n) is 11.9. The lowest BCUT2D eigenvalue weighted by Crippen LogP contribution is -2.09. The maximum Gasteiger partial charge on any atom is 0.336 e. The van der Waals surface area contributed by atoms with Crippen molar-refractivity contribution in [3.63, 3.8) is 0 Å². The largest absolute Gasteiger partial charge is 0.478 e. The number of hydrogen-bond donors (Lipinski definition) is 1. The first-order valence-corrected chi connectivity index (χ1v) is 11.9. The SMILES string of the molecule is CCCCCc1nc(C2CCCCC2)nn1Cc1ccc(-c2cnccc2C(=O)O)cc1. The predicted molar refractivity (Wildman–Crippen MR) is 125 cm³/mol. The molecule has 6 nitrogen and oxygen atoms in total. The van der Waals surface area contributed by atoms with Crippen LogP contribution in [0.5, 0.6) is 0 Å². The summed E-state index contributed by atoms with van der Waals surface area (Å²) in [4.78, 5) is 20.6. The molecule has 2 aromatic heterocycles. The number of carboxylic acid groups (broad SMARTS) is 1. The molecule has 1 aliphatic rings. The van der Waals surface area contributed by atoms with Crippen molar-refractivity contribution in [1.29, 1.82) is 0 Å². The number of aromatic carboxylic acids is 1. The minimum atomic E-state index is -0.943. The second-order valence-corrected chi connectivity index (χ2v) is 8.76. The first-order chi connectivity index (χ1) is 15.7. The summed E-state index contributed by atoms with van der Waals surface area (Å²) in [6, 6.07) is 9.57. The van der Waals surface area contributed by atoms with E-state index in [1.54, 1.807) is 6.20 Å². The summed E-state index contributed by atoms with van der Waals surface area (Å²) in [6.45, 7) is 2.90. The van der Waals surface area contributed by atoms with E-state index in [0.717, 1.165) is 35.6 Å². The Balaban J connectivity index is 1.55. The smallest absolute Gasteiger partial charge is 0.336 e. The summed E-state index contributed by atoms with van der Waals surface area (Å²) in [5.74, 6) is 1.66. The average Bonchev–Trinajstić information content (AvgIpc) is 3.23. The Morgan fingerprint density at radius 1 is 1.09 bits per heavy atom. The van der Waals surface area contributed by atoms with Gasteiger partial charge in [0.05, 0.1) is 12.1 Å². The molecular weight excluding hydrogens is 400 g/mol. The van der Waals surface area contributed by atoms with Gasteiger partial charge in [-0.1, -0.05) is 63.3 Å². The Hall–Kier alpha value is -3.02. The molecule has 1 aromatic carbocycles. The molecule has 1 saturated carbocycles. The van der Waals surface area contributed by atoms with E-state index in [9.17, 15) is 9.90 Å². The van der Waals surface area contributed by atoms with Gasteiger partial charge in [0.2, 0.25) is 0 Å². The molecule has 3 aromatic rings. The molecule has 4 rings (SSSR count). The fourth-order valence-corrected chi connectivity index (χ4v) is 4.55. The molecule has 0 unspecified atom stereocenters. The topological polar surface area (TPSA) is 80.9 Å². The number of benzene rings is 1. The number of unbranched alkanes of at least 4 members (excludes halogenated alkanes) is 2. The fraction of sp³-hybridized carbons (Fsp3) is 0.462. The van der Waals surface area contributed by atoms with E-state index in [1.807, 2.05) is 24.3 Å². The maximum atomic E-state index is 11.5. The van der Waals surface area contributed by atoms with E-state index in [4.69, 9.17) is 10.1 Å². The number of rotatable bonds is 9. The Morgan fingerprint density at radius 3 is 2.59 bits per heavy atom. The van der Waals surface area contributed by atoms with Gasteiger partial charge in [0, 0.05) is 30.3 Å². The quantitative estimate of drug-likeness (QED) is 0.428. The maximum absolute atomic E-state index is 11.5. The summed E-state index contributed by atoms with van der Waals surface area (Å²) >= 11 is 0. The number of carbonyl (C=O) groups is 1. The third-order valence-electron chi connectivity index (χ3n) is 6.39. The van der Waals surface area contributed by atoms with Crippen LogP contribution in [-0.4, -0.2) is 30.8 Å². The monoisotopic (exact) mass is 432 g/mol. The Morgan fingerprint density at radius 2 is 1.88 bits per heavy atom. The average molecular weight is 433 g/mol. The van der Waals surface area contributed by atoms with Gasteiger partial charge < -0.3 is 5.11 Å². The van der Waals surface area contributed by atoms with Crippen LogP contribution in [0, 0.1) is 0 Å². The number of nitrogens with zero attached hydrogens (tertiary/aromatic N) is 4. The van der Waals surface area contributed by atoms with E-state index < -0.39 is 5.97 Å².